The summed E-state index contributed by atoms with van der Waals surface area (Å²) in [6.45, 7) is -0.130. The van der Waals surface area contributed by atoms with E-state index in [0.29, 0.717) is 0 Å². The molecule has 0 aliphatic heterocycles. The Hall–Kier alpha value is -1.30. The lowest BCUT2D eigenvalue weighted by atomic mass is 10.1. The van der Waals surface area contributed by atoms with Crippen LogP contribution < -0.4 is 0 Å². The fourth-order valence-electron chi connectivity index (χ4n) is 1.03. The van der Waals surface area contributed by atoms with Crippen LogP contribution in [-0.2, 0) is 9.53 Å². The van der Waals surface area contributed by atoms with E-state index in [9.17, 15) is 4.79 Å². The molecule has 1 rings (SSSR count). The fraction of sp³-hybridized carbons (Fsp3) is 0.500. The average Bonchev–Trinajstić information content (AvgIpc) is 2.52. The number of rotatable bonds is 2. The zero-order chi connectivity index (χ0) is 8.10. The molecule has 3 heteroatoms. The first-order valence-electron chi connectivity index (χ1n) is 3.53. The van der Waals surface area contributed by atoms with Gasteiger partial charge in [0.1, 0.15) is 6.07 Å². The molecular weight excluding hydrogens is 142 g/mol. The maximum atomic E-state index is 11.0. The smallest absolute Gasteiger partial charge is 0.310 e. The van der Waals surface area contributed by atoms with Gasteiger partial charge in [-0.15, -0.1) is 0 Å². The second-order valence-electron chi connectivity index (χ2n) is 2.41. The number of allylic oxidation sites excluding steroid dienone is 2. The topological polar surface area (TPSA) is 50.1 Å². The molecule has 0 atom stereocenters. The highest BCUT2D eigenvalue weighted by Crippen LogP contribution is 2.18. The molecule has 0 saturated heterocycles. The molecule has 0 amide bonds. The minimum Gasteiger partial charge on any atom is -0.450 e. The summed E-state index contributed by atoms with van der Waals surface area (Å²) in [5.74, 6) is -0.292. The van der Waals surface area contributed by atoms with E-state index in [2.05, 4.69) is 4.74 Å². The van der Waals surface area contributed by atoms with E-state index in [1.165, 1.54) is 0 Å². The highest BCUT2D eigenvalue weighted by atomic mass is 16.5. The second kappa shape index (κ2) is 3.77. The fourth-order valence-corrected chi connectivity index (χ4v) is 1.03. The maximum Gasteiger partial charge on any atom is 0.310 e. The molecule has 0 aromatic heterocycles. The molecular formula is C8H9NO2. The van der Waals surface area contributed by atoms with Gasteiger partial charge in [0, 0.05) is 0 Å². The highest BCUT2D eigenvalue weighted by molar-refractivity contribution is 5.73. The SMILES string of the molecule is N#CCOC(=O)C1CC=CC1. The number of hydrogen-bond donors (Lipinski definition) is 0. The van der Waals surface area contributed by atoms with Crippen LogP contribution in [0.25, 0.3) is 0 Å². The summed E-state index contributed by atoms with van der Waals surface area (Å²) in [4.78, 5) is 11.0. The second-order valence-corrected chi connectivity index (χ2v) is 2.41. The van der Waals surface area contributed by atoms with Gasteiger partial charge < -0.3 is 4.74 Å². The third-order valence-electron chi connectivity index (χ3n) is 1.62. The Balaban J connectivity index is 2.26. The first-order chi connectivity index (χ1) is 5.34. The van der Waals surface area contributed by atoms with Gasteiger partial charge in [0.25, 0.3) is 0 Å². The lowest BCUT2D eigenvalue weighted by molar-refractivity contribution is -0.146. The molecule has 0 heterocycles. The minimum atomic E-state index is -0.253. The molecule has 0 saturated carbocycles. The number of carbonyl (C=O) groups is 1. The van der Waals surface area contributed by atoms with Crippen molar-refractivity contribution < 1.29 is 9.53 Å². The van der Waals surface area contributed by atoms with Crippen LogP contribution in [0.3, 0.4) is 0 Å². The molecule has 11 heavy (non-hydrogen) atoms. The first-order valence-corrected chi connectivity index (χ1v) is 3.53. The van der Waals surface area contributed by atoms with E-state index in [1.54, 1.807) is 6.07 Å². The average molecular weight is 151 g/mol. The largest absolute Gasteiger partial charge is 0.450 e. The van der Waals surface area contributed by atoms with Crippen LogP contribution in [0.1, 0.15) is 12.8 Å². The van der Waals surface area contributed by atoms with Gasteiger partial charge in [0.15, 0.2) is 6.61 Å². The van der Waals surface area contributed by atoms with Crippen molar-refractivity contribution in [3.8, 4) is 6.07 Å². The number of nitriles is 1. The lowest BCUT2D eigenvalue weighted by Gasteiger charge is -2.05. The van der Waals surface area contributed by atoms with Crippen LogP contribution in [-0.4, -0.2) is 12.6 Å². The molecule has 1 aliphatic carbocycles. The Kier molecular flexibility index (Phi) is 2.67. The van der Waals surface area contributed by atoms with Crippen molar-refractivity contribution in [3.05, 3.63) is 12.2 Å². The molecule has 0 N–H and O–H groups in total. The third kappa shape index (κ3) is 2.08. The number of nitrogens with zero attached hydrogens (tertiary/aromatic N) is 1. The van der Waals surface area contributed by atoms with Crippen molar-refractivity contribution in [2.45, 2.75) is 12.8 Å². The van der Waals surface area contributed by atoms with Crippen LogP contribution in [0.4, 0.5) is 0 Å². The Morgan fingerprint density at radius 1 is 1.64 bits per heavy atom. The molecule has 0 aromatic carbocycles. The molecule has 1 aliphatic rings. The van der Waals surface area contributed by atoms with Gasteiger partial charge in [0.05, 0.1) is 5.92 Å². The summed E-state index contributed by atoms with van der Waals surface area (Å²) in [6, 6.07) is 1.76. The van der Waals surface area contributed by atoms with E-state index in [-0.39, 0.29) is 18.5 Å². The van der Waals surface area contributed by atoms with Gasteiger partial charge in [-0.3, -0.25) is 4.79 Å². The molecule has 0 aromatic rings. The third-order valence-corrected chi connectivity index (χ3v) is 1.62. The van der Waals surface area contributed by atoms with Crippen molar-refractivity contribution in [1.82, 2.24) is 0 Å². The van der Waals surface area contributed by atoms with E-state index in [0.717, 1.165) is 12.8 Å². The Bertz CT molecular complexity index is 207. The Morgan fingerprint density at radius 2 is 2.27 bits per heavy atom. The molecule has 0 spiro atoms. The number of carbonyl (C=O) groups excluding carboxylic acids is 1. The van der Waals surface area contributed by atoms with Gasteiger partial charge in [0.2, 0.25) is 0 Å². The predicted octanol–water partition coefficient (Wildman–Crippen LogP) is 1.02. The van der Waals surface area contributed by atoms with E-state index in [4.69, 9.17) is 5.26 Å². The number of esters is 1. The van der Waals surface area contributed by atoms with E-state index in [1.807, 2.05) is 12.2 Å². The molecule has 3 nitrogen and oxygen atoms in total. The first kappa shape index (κ1) is 7.80. The normalized spacial score (nSPS) is 16.3. The summed E-state index contributed by atoms with van der Waals surface area (Å²) >= 11 is 0. The van der Waals surface area contributed by atoms with Crippen molar-refractivity contribution in [3.63, 3.8) is 0 Å². The van der Waals surface area contributed by atoms with Crippen LogP contribution >= 0.6 is 0 Å². The monoisotopic (exact) mass is 151 g/mol. The highest BCUT2D eigenvalue weighted by Gasteiger charge is 2.19. The molecule has 0 unspecified atom stereocenters. The summed E-state index contributed by atoms with van der Waals surface area (Å²) in [5, 5.41) is 8.12. The summed E-state index contributed by atoms with van der Waals surface area (Å²) in [7, 11) is 0. The lowest BCUT2D eigenvalue weighted by Crippen LogP contribution is -2.14. The molecule has 0 fully saturated rings. The van der Waals surface area contributed by atoms with Gasteiger partial charge in [-0.2, -0.15) is 5.26 Å². The van der Waals surface area contributed by atoms with Gasteiger partial charge in [-0.1, -0.05) is 12.2 Å². The zero-order valence-corrected chi connectivity index (χ0v) is 6.12. The molecule has 0 bridgehead atoms. The molecule has 0 radical (unpaired) electrons. The van der Waals surface area contributed by atoms with Crippen molar-refractivity contribution in [2.24, 2.45) is 5.92 Å². The minimum absolute atomic E-state index is 0.0386. The maximum absolute atomic E-state index is 11.0. The zero-order valence-electron chi connectivity index (χ0n) is 6.12. The summed E-state index contributed by atoms with van der Waals surface area (Å²) in [5.41, 5.74) is 0. The quantitative estimate of drug-likeness (QED) is 0.437. The van der Waals surface area contributed by atoms with Crippen LogP contribution in [0, 0.1) is 17.2 Å². The summed E-state index contributed by atoms with van der Waals surface area (Å²) < 4.78 is 4.64. The Morgan fingerprint density at radius 3 is 2.82 bits per heavy atom. The number of ether oxygens (including phenoxy) is 1. The van der Waals surface area contributed by atoms with Crippen LogP contribution in [0.2, 0.25) is 0 Å². The predicted molar refractivity (Wildman–Crippen MR) is 38.4 cm³/mol. The summed E-state index contributed by atoms with van der Waals surface area (Å²) in [6.07, 6.45) is 5.42. The van der Waals surface area contributed by atoms with Gasteiger partial charge in [-0.25, -0.2) is 0 Å². The van der Waals surface area contributed by atoms with Gasteiger partial charge >= 0.3 is 5.97 Å². The van der Waals surface area contributed by atoms with E-state index < -0.39 is 0 Å². The number of hydrogen-bond acceptors (Lipinski definition) is 3. The van der Waals surface area contributed by atoms with Crippen molar-refractivity contribution in [2.75, 3.05) is 6.61 Å². The molecule has 58 valence electrons. The van der Waals surface area contributed by atoms with Crippen molar-refractivity contribution in [1.29, 1.82) is 5.26 Å². The standard InChI is InChI=1S/C8H9NO2/c9-5-6-11-8(10)7-3-1-2-4-7/h1-2,7H,3-4,6H2. The van der Waals surface area contributed by atoms with E-state index >= 15 is 0 Å². The van der Waals surface area contributed by atoms with Crippen molar-refractivity contribution >= 4 is 5.97 Å². The van der Waals surface area contributed by atoms with Gasteiger partial charge in [-0.05, 0) is 12.8 Å². The van der Waals surface area contributed by atoms with Crippen LogP contribution in [0.5, 0.6) is 0 Å². The Labute approximate surface area is 65.3 Å². The van der Waals surface area contributed by atoms with Crippen LogP contribution in [0.15, 0.2) is 12.2 Å².